The topological polar surface area (TPSA) is 55.1 Å². The fraction of sp³-hybridized carbons (Fsp3) is 0.235. The van der Waals surface area contributed by atoms with E-state index < -0.39 is 0 Å². The number of hydrogen-bond donors (Lipinski definition) is 0. The number of aromatic nitrogens is 3. The normalized spacial score (nSPS) is 14.6. The molecule has 7 heteroatoms. The van der Waals surface area contributed by atoms with Gasteiger partial charge >= 0.3 is 0 Å². The van der Waals surface area contributed by atoms with Crippen LogP contribution < -0.4 is 0 Å². The quantitative estimate of drug-likeness (QED) is 0.660. The molecular weight excluding hydrogens is 347 g/mol. The maximum absolute atomic E-state index is 6.17. The largest absolute Gasteiger partial charge is 0.461 e. The molecule has 0 amide bonds. The number of nitrogens with zero attached hydrogens (tertiary/aromatic N) is 4. The summed E-state index contributed by atoms with van der Waals surface area (Å²) in [6.07, 6.45) is 4.38. The van der Waals surface area contributed by atoms with Crippen LogP contribution in [-0.4, -0.2) is 26.4 Å². The molecule has 3 aromatic heterocycles. The summed E-state index contributed by atoms with van der Waals surface area (Å²) in [6.45, 7) is 2.41. The third-order valence-electron chi connectivity index (χ3n) is 4.04. The van der Waals surface area contributed by atoms with Gasteiger partial charge in [-0.1, -0.05) is 29.3 Å². The highest BCUT2D eigenvalue weighted by Gasteiger charge is 2.20. The molecule has 4 heterocycles. The molecule has 0 fully saturated rings. The highest BCUT2D eigenvalue weighted by atomic mass is 35.5. The Morgan fingerprint density at radius 3 is 2.88 bits per heavy atom. The van der Waals surface area contributed by atoms with Gasteiger partial charge in [-0.25, -0.2) is 15.0 Å². The van der Waals surface area contributed by atoms with Crippen LogP contribution in [0.15, 0.2) is 41.1 Å². The summed E-state index contributed by atoms with van der Waals surface area (Å²) >= 11 is 12.0. The lowest BCUT2D eigenvalue weighted by Gasteiger charge is -2.28. The lowest BCUT2D eigenvalue weighted by Crippen LogP contribution is -2.31. The molecule has 0 atom stereocenters. The number of rotatable bonds is 3. The van der Waals surface area contributed by atoms with Crippen LogP contribution in [0.1, 0.15) is 16.8 Å². The van der Waals surface area contributed by atoms with Crippen molar-refractivity contribution in [1.82, 2.24) is 19.9 Å². The highest BCUT2D eigenvalue weighted by molar-refractivity contribution is 6.32. The van der Waals surface area contributed by atoms with Crippen LogP contribution in [-0.2, 0) is 19.5 Å². The van der Waals surface area contributed by atoms with Crippen LogP contribution in [0.25, 0.3) is 11.6 Å². The molecule has 0 radical (unpaired) electrons. The zero-order valence-electron chi connectivity index (χ0n) is 12.7. The van der Waals surface area contributed by atoms with E-state index >= 15 is 0 Å². The number of pyridine rings is 1. The van der Waals surface area contributed by atoms with Crippen molar-refractivity contribution in [3.05, 3.63) is 63.9 Å². The first-order chi connectivity index (χ1) is 11.7. The molecule has 0 aromatic carbocycles. The van der Waals surface area contributed by atoms with E-state index in [-0.39, 0.29) is 0 Å². The molecule has 4 rings (SSSR count). The molecule has 0 N–H and O–H groups in total. The number of halogens is 2. The second kappa shape index (κ2) is 6.51. The van der Waals surface area contributed by atoms with E-state index in [4.69, 9.17) is 27.6 Å². The van der Waals surface area contributed by atoms with Crippen LogP contribution in [0.2, 0.25) is 10.3 Å². The molecule has 0 saturated carbocycles. The van der Waals surface area contributed by atoms with Crippen LogP contribution in [0.3, 0.4) is 0 Å². The van der Waals surface area contributed by atoms with Gasteiger partial charge in [-0.2, -0.15) is 0 Å². The molecule has 0 aliphatic carbocycles. The Bertz CT molecular complexity index is 867. The zero-order chi connectivity index (χ0) is 16.5. The predicted octanol–water partition coefficient (Wildman–Crippen LogP) is 4.00. The molecule has 5 nitrogen and oxygen atoms in total. The van der Waals surface area contributed by atoms with E-state index in [0.717, 1.165) is 42.9 Å². The minimum Gasteiger partial charge on any atom is -0.461 e. The molecule has 0 saturated heterocycles. The SMILES string of the molecule is Clc1ccc(CN2CCc3nc(-c4ccco4)ncc3C2)c(Cl)n1. The van der Waals surface area contributed by atoms with Gasteiger partial charge < -0.3 is 4.42 Å². The summed E-state index contributed by atoms with van der Waals surface area (Å²) in [5.41, 5.74) is 3.18. The van der Waals surface area contributed by atoms with Gasteiger partial charge in [-0.05, 0) is 18.2 Å². The van der Waals surface area contributed by atoms with Gasteiger partial charge in [0.1, 0.15) is 10.3 Å². The Hall–Kier alpha value is -1.95. The standard InChI is InChI=1S/C17H14Cl2N4O/c18-15-4-3-11(16(19)22-15)9-23-6-5-13-12(10-23)8-20-17(21-13)14-2-1-7-24-14/h1-4,7-8H,5-6,9-10H2. The molecule has 1 aliphatic heterocycles. The van der Waals surface area contributed by atoms with E-state index in [1.165, 1.54) is 0 Å². The van der Waals surface area contributed by atoms with Crippen LogP contribution in [0.5, 0.6) is 0 Å². The third-order valence-corrected chi connectivity index (χ3v) is 4.58. The first-order valence-corrected chi connectivity index (χ1v) is 8.36. The second-order valence-corrected chi connectivity index (χ2v) is 6.43. The monoisotopic (exact) mass is 360 g/mol. The summed E-state index contributed by atoms with van der Waals surface area (Å²) in [6, 6.07) is 7.39. The minimum absolute atomic E-state index is 0.409. The van der Waals surface area contributed by atoms with Crippen LogP contribution in [0, 0.1) is 0 Å². The van der Waals surface area contributed by atoms with Crippen LogP contribution in [0.4, 0.5) is 0 Å². The molecule has 1 aliphatic rings. The third kappa shape index (κ3) is 3.15. The highest BCUT2D eigenvalue weighted by Crippen LogP contribution is 2.24. The van der Waals surface area contributed by atoms with Gasteiger partial charge in [-0.15, -0.1) is 0 Å². The van der Waals surface area contributed by atoms with Crippen molar-refractivity contribution in [2.75, 3.05) is 6.54 Å². The molecule has 0 bridgehead atoms. The van der Waals surface area contributed by atoms with Gasteiger partial charge in [0, 0.05) is 43.4 Å². The summed E-state index contributed by atoms with van der Waals surface area (Å²) in [5.74, 6) is 1.33. The molecular formula is C17H14Cl2N4O. The van der Waals surface area contributed by atoms with Crippen molar-refractivity contribution in [2.24, 2.45) is 0 Å². The molecule has 0 spiro atoms. The lowest BCUT2D eigenvalue weighted by molar-refractivity contribution is 0.242. The zero-order valence-corrected chi connectivity index (χ0v) is 14.3. The molecule has 0 unspecified atom stereocenters. The van der Waals surface area contributed by atoms with Gasteiger partial charge in [0.15, 0.2) is 11.6 Å². The Labute approximate surface area is 149 Å². The van der Waals surface area contributed by atoms with Crippen LogP contribution >= 0.6 is 23.2 Å². The minimum atomic E-state index is 0.409. The van der Waals surface area contributed by atoms with Gasteiger partial charge in [0.05, 0.1) is 12.0 Å². The van der Waals surface area contributed by atoms with Crippen molar-refractivity contribution in [3.63, 3.8) is 0 Å². The smallest absolute Gasteiger partial charge is 0.195 e. The first-order valence-electron chi connectivity index (χ1n) is 7.61. The Morgan fingerprint density at radius 2 is 2.08 bits per heavy atom. The summed E-state index contributed by atoms with van der Waals surface area (Å²) in [7, 11) is 0. The van der Waals surface area contributed by atoms with Gasteiger partial charge in [0.2, 0.25) is 0 Å². The second-order valence-electron chi connectivity index (χ2n) is 5.69. The fourth-order valence-corrected chi connectivity index (χ4v) is 3.24. The summed E-state index contributed by atoms with van der Waals surface area (Å²) in [4.78, 5) is 15.4. The molecule has 3 aromatic rings. The van der Waals surface area contributed by atoms with Crippen molar-refractivity contribution in [3.8, 4) is 11.6 Å². The van der Waals surface area contributed by atoms with E-state index in [2.05, 4.69) is 19.9 Å². The maximum atomic E-state index is 6.17. The average Bonchev–Trinajstić information content (AvgIpc) is 3.11. The van der Waals surface area contributed by atoms with Crippen molar-refractivity contribution in [1.29, 1.82) is 0 Å². The predicted molar refractivity (Wildman–Crippen MR) is 91.8 cm³/mol. The van der Waals surface area contributed by atoms with E-state index in [1.54, 1.807) is 12.3 Å². The van der Waals surface area contributed by atoms with E-state index in [0.29, 0.717) is 21.9 Å². The Kier molecular flexibility index (Phi) is 4.22. The number of fused-ring (bicyclic) bond motifs is 1. The molecule has 122 valence electrons. The van der Waals surface area contributed by atoms with Crippen molar-refractivity contribution >= 4 is 23.2 Å². The lowest BCUT2D eigenvalue weighted by atomic mass is 10.1. The van der Waals surface area contributed by atoms with Gasteiger partial charge in [-0.3, -0.25) is 4.90 Å². The Morgan fingerprint density at radius 1 is 1.17 bits per heavy atom. The van der Waals surface area contributed by atoms with E-state index in [9.17, 15) is 0 Å². The number of furan rings is 1. The van der Waals surface area contributed by atoms with E-state index in [1.807, 2.05) is 24.4 Å². The maximum Gasteiger partial charge on any atom is 0.195 e. The van der Waals surface area contributed by atoms with Crippen molar-refractivity contribution < 1.29 is 4.42 Å². The number of hydrogen-bond acceptors (Lipinski definition) is 5. The van der Waals surface area contributed by atoms with Crippen molar-refractivity contribution in [2.45, 2.75) is 19.5 Å². The summed E-state index contributed by atoms with van der Waals surface area (Å²) in [5, 5.41) is 0.865. The van der Waals surface area contributed by atoms with Gasteiger partial charge in [0.25, 0.3) is 0 Å². The summed E-state index contributed by atoms with van der Waals surface area (Å²) < 4.78 is 5.37. The first kappa shape index (κ1) is 15.6. The Balaban J connectivity index is 1.52. The average molecular weight is 361 g/mol. The molecule has 24 heavy (non-hydrogen) atoms. The fourth-order valence-electron chi connectivity index (χ4n) is 2.83.